The predicted molar refractivity (Wildman–Crippen MR) is 47.0 cm³/mol. The van der Waals surface area contributed by atoms with Gasteiger partial charge in [0.2, 0.25) is 5.69 Å². The van der Waals surface area contributed by atoms with Crippen LogP contribution in [-0.2, 0) is 0 Å². The van der Waals surface area contributed by atoms with Gasteiger partial charge in [-0.15, -0.1) is 0 Å². The smallest absolute Gasteiger partial charge is 0.319 e. The first-order chi connectivity index (χ1) is 6.43. The molecule has 0 saturated carbocycles. The fourth-order valence-corrected chi connectivity index (χ4v) is 1.11. The minimum absolute atomic E-state index is 0.179. The van der Waals surface area contributed by atoms with Crippen molar-refractivity contribution in [2.45, 2.75) is 6.92 Å². The maximum Gasteiger partial charge on any atom is 0.336 e. The van der Waals surface area contributed by atoms with Gasteiger partial charge in [0.1, 0.15) is 6.07 Å². The molecule has 0 radical (unpaired) electrons. The van der Waals surface area contributed by atoms with E-state index in [0.717, 1.165) is 6.07 Å². The van der Waals surface area contributed by atoms with Crippen molar-refractivity contribution >= 4 is 17.1 Å². The maximum atomic E-state index is 10.5. The Balaban J connectivity index is 3.42. The van der Waals surface area contributed by atoms with Crippen LogP contribution < -0.4 is 5.73 Å². The molecule has 0 aromatic heterocycles. The van der Waals surface area contributed by atoms with Gasteiger partial charge in [0.15, 0.2) is 0 Å². The number of quaternary nitrogens is 1. The van der Waals surface area contributed by atoms with Gasteiger partial charge in [-0.25, -0.2) is 0 Å². The Hall–Kier alpha value is -2.02. The Morgan fingerprint density at radius 3 is 2.07 bits per heavy atom. The normalized spacial score (nSPS) is 9.86. The molecule has 7 nitrogen and oxygen atoms in total. The van der Waals surface area contributed by atoms with Gasteiger partial charge in [-0.2, -0.15) is 0 Å². The van der Waals surface area contributed by atoms with E-state index in [1.165, 1.54) is 13.0 Å². The summed E-state index contributed by atoms with van der Waals surface area (Å²) in [6.45, 7) is 1.51. The summed E-state index contributed by atoms with van der Waals surface area (Å²) in [4.78, 5) is 19.6. The average molecular weight is 198 g/mol. The Morgan fingerprint density at radius 2 is 1.64 bits per heavy atom. The van der Waals surface area contributed by atoms with E-state index in [9.17, 15) is 20.2 Å². The molecule has 0 unspecified atom stereocenters. The van der Waals surface area contributed by atoms with Gasteiger partial charge < -0.3 is 5.73 Å². The van der Waals surface area contributed by atoms with Crippen LogP contribution in [0.5, 0.6) is 0 Å². The summed E-state index contributed by atoms with van der Waals surface area (Å²) >= 11 is 0. The monoisotopic (exact) mass is 198 g/mol. The zero-order valence-corrected chi connectivity index (χ0v) is 7.39. The zero-order valence-electron chi connectivity index (χ0n) is 7.39. The third kappa shape index (κ3) is 1.67. The summed E-state index contributed by atoms with van der Waals surface area (Å²) < 4.78 is 0. The fraction of sp³-hybridized carbons (Fsp3) is 0.143. The molecule has 0 heterocycles. The van der Waals surface area contributed by atoms with Crippen LogP contribution in [0.3, 0.4) is 0 Å². The third-order valence-corrected chi connectivity index (χ3v) is 1.79. The molecular weight excluding hydrogens is 190 g/mol. The predicted octanol–water partition coefficient (Wildman–Crippen LogP) is 0.685. The van der Waals surface area contributed by atoms with Crippen LogP contribution >= 0.6 is 0 Å². The van der Waals surface area contributed by atoms with E-state index in [4.69, 9.17) is 0 Å². The van der Waals surface area contributed by atoms with Crippen molar-refractivity contribution in [2.75, 3.05) is 0 Å². The molecule has 0 amide bonds. The van der Waals surface area contributed by atoms with E-state index in [-0.39, 0.29) is 17.1 Å². The third-order valence-electron chi connectivity index (χ3n) is 1.79. The van der Waals surface area contributed by atoms with E-state index < -0.39 is 9.85 Å². The van der Waals surface area contributed by atoms with E-state index in [2.05, 4.69) is 5.73 Å². The summed E-state index contributed by atoms with van der Waals surface area (Å²) in [5.74, 6) is 0. The zero-order chi connectivity index (χ0) is 10.9. The molecule has 0 atom stereocenters. The first kappa shape index (κ1) is 10.1. The first-order valence-electron chi connectivity index (χ1n) is 3.69. The second-order valence-corrected chi connectivity index (χ2v) is 2.78. The van der Waals surface area contributed by atoms with Crippen LogP contribution in [0.2, 0.25) is 0 Å². The van der Waals surface area contributed by atoms with Crippen LogP contribution in [0.1, 0.15) is 5.56 Å². The van der Waals surface area contributed by atoms with Crippen LogP contribution in [0.15, 0.2) is 12.1 Å². The van der Waals surface area contributed by atoms with Gasteiger partial charge in [-0.05, 0) is 6.92 Å². The fourth-order valence-electron chi connectivity index (χ4n) is 1.11. The number of nitro benzene ring substituents is 2. The first-order valence-corrected chi connectivity index (χ1v) is 3.69. The molecule has 0 saturated heterocycles. The second-order valence-electron chi connectivity index (χ2n) is 2.78. The van der Waals surface area contributed by atoms with Crippen molar-refractivity contribution in [3.63, 3.8) is 0 Å². The molecule has 14 heavy (non-hydrogen) atoms. The molecule has 74 valence electrons. The highest BCUT2D eigenvalue weighted by Gasteiger charge is 2.22. The van der Waals surface area contributed by atoms with Gasteiger partial charge in [0.05, 0.1) is 9.85 Å². The van der Waals surface area contributed by atoms with Gasteiger partial charge in [0.25, 0.3) is 5.69 Å². The quantitative estimate of drug-likeness (QED) is 0.555. The maximum absolute atomic E-state index is 10.5. The lowest BCUT2D eigenvalue weighted by Gasteiger charge is -1.97. The molecule has 1 aromatic rings. The minimum atomic E-state index is -0.686. The van der Waals surface area contributed by atoms with E-state index >= 15 is 0 Å². The molecule has 0 fully saturated rings. The van der Waals surface area contributed by atoms with Crippen molar-refractivity contribution in [3.8, 4) is 0 Å². The molecular formula is C7H8N3O4+. The lowest BCUT2D eigenvalue weighted by molar-refractivity contribution is -0.401. The van der Waals surface area contributed by atoms with Gasteiger partial charge in [0, 0.05) is 11.6 Å². The Bertz CT molecular complexity index is 380. The minimum Gasteiger partial charge on any atom is -0.319 e. The summed E-state index contributed by atoms with van der Waals surface area (Å²) in [6.07, 6.45) is 0. The summed E-state index contributed by atoms with van der Waals surface area (Å²) in [5, 5.41) is 20.9. The number of hydrogen-bond acceptors (Lipinski definition) is 4. The Labute approximate surface area is 78.4 Å². The molecule has 7 heteroatoms. The lowest BCUT2D eigenvalue weighted by atomic mass is 10.1. The number of nitrogens with zero attached hydrogens (tertiary/aromatic N) is 2. The molecule has 0 bridgehead atoms. The molecule has 0 spiro atoms. The van der Waals surface area contributed by atoms with Crippen molar-refractivity contribution in [1.82, 2.24) is 0 Å². The standard InChI is InChI=1S/C7H7N3O4/c1-4-2-5(8)7(10(13)14)3-6(4)9(11)12/h2-3H,8H2,1H3/p+1. The topological polar surface area (TPSA) is 114 Å². The molecule has 0 aliphatic rings. The van der Waals surface area contributed by atoms with Crippen molar-refractivity contribution < 1.29 is 15.6 Å². The molecule has 3 N–H and O–H groups in total. The number of hydrogen-bond donors (Lipinski definition) is 1. The lowest BCUT2D eigenvalue weighted by Crippen LogP contribution is -2.41. The van der Waals surface area contributed by atoms with Gasteiger partial charge >= 0.3 is 5.69 Å². The Kier molecular flexibility index (Phi) is 2.43. The van der Waals surface area contributed by atoms with Gasteiger partial charge in [-0.1, -0.05) is 0 Å². The van der Waals surface area contributed by atoms with Crippen molar-refractivity contribution in [3.05, 3.63) is 37.9 Å². The molecule has 0 aliphatic heterocycles. The molecule has 1 aromatic carbocycles. The van der Waals surface area contributed by atoms with E-state index in [1.54, 1.807) is 0 Å². The largest absolute Gasteiger partial charge is 0.336 e. The van der Waals surface area contributed by atoms with E-state index in [0.29, 0.717) is 5.56 Å². The number of rotatable bonds is 2. The summed E-state index contributed by atoms with van der Waals surface area (Å²) in [6, 6.07) is 2.26. The summed E-state index contributed by atoms with van der Waals surface area (Å²) in [5.41, 5.74) is 3.39. The van der Waals surface area contributed by atoms with Crippen LogP contribution in [0, 0.1) is 27.2 Å². The van der Waals surface area contributed by atoms with Crippen LogP contribution in [-0.4, -0.2) is 9.85 Å². The second kappa shape index (κ2) is 3.38. The Morgan fingerprint density at radius 1 is 1.14 bits per heavy atom. The average Bonchev–Trinajstić information content (AvgIpc) is 2.02. The van der Waals surface area contributed by atoms with E-state index in [1.807, 2.05) is 0 Å². The highest BCUT2D eigenvalue weighted by atomic mass is 16.6. The molecule has 1 rings (SSSR count). The van der Waals surface area contributed by atoms with Crippen molar-refractivity contribution in [1.29, 1.82) is 0 Å². The highest BCUT2D eigenvalue weighted by molar-refractivity contribution is 5.60. The van der Waals surface area contributed by atoms with Crippen LogP contribution in [0.25, 0.3) is 0 Å². The van der Waals surface area contributed by atoms with Crippen molar-refractivity contribution in [2.24, 2.45) is 0 Å². The number of benzene rings is 1. The SMILES string of the molecule is Cc1cc([NH3+])c([N+](=O)[O-])cc1[N+](=O)[O-]. The number of aryl methyl sites for hydroxylation is 1. The molecule has 0 aliphatic carbocycles. The highest BCUT2D eigenvalue weighted by Crippen LogP contribution is 2.28. The summed E-state index contributed by atoms with van der Waals surface area (Å²) in [7, 11) is 0. The van der Waals surface area contributed by atoms with Gasteiger partial charge in [-0.3, -0.25) is 20.2 Å². The number of nitro groups is 2. The van der Waals surface area contributed by atoms with Crippen LogP contribution in [0.4, 0.5) is 17.1 Å².